The van der Waals surface area contributed by atoms with Crippen molar-refractivity contribution in [3.8, 4) is 0 Å². The summed E-state index contributed by atoms with van der Waals surface area (Å²) in [6, 6.07) is 12.3. The number of benzene rings is 2. The lowest BCUT2D eigenvalue weighted by molar-refractivity contribution is 0.187. The number of aliphatic hydroxyl groups is 1. The molecule has 1 N–H and O–H groups in total. The van der Waals surface area contributed by atoms with Crippen LogP contribution in [0.5, 0.6) is 0 Å². The molecule has 0 spiro atoms. The standard InChI is InChI=1S/C17H15FO2/c1-10-6-7-13(14(18)8-10)16(19)15-9-12-5-3-4-11(2)17(12)20-15/h3-9,16,19H,1-2H3. The van der Waals surface area contributed by atoms with E-state index >= 15 is 0 Å². The number of hydrogen-bond acceptors (Lipinski definition) is 2. The fraction of sp³-hybridized carbons (Fsp3) is 0.176. The minimum absolute atomic E-state index is 0.229. The molecular formula is C17H15FO2. The SMILES string of the molecule is Cc1ccc(C(O)c2cc3cccc(C)c3o2)c(F)c1. The highest BCUT2D eigenvalue weighted by Crippen LogP contribution is 2.31. The van der Waals surface area contributed by atoms with E-state index < -0.39 is 11.9 Å². The summed E-state index contributed by atoms with van der Waals surface area (Å²) in [6.07, 6.45) is -1.10. The van der Waals surface area contributed by atoms with Crippen LogP contribution in [0.4, 0.5) is 4.39 Å². The van der Waals surface area contributed by atoms with Gasteiger partial charge in [-0.3, -0.25) is 0 Å². The molecule has 1 atom stereocenters. The van der Waals surface area contributed by atoms with Crippen LogP contribution in [-0.2, 0) is 0 Å². The third-order valence-electron chi connectivity index (χ3n) is 3.48. The van der Waals surface area contributed by atoms with E-state index in [-0.39, 0.29) is 5.56 Å². The smallest absolute Gasteiger partial charge is 0.139 e. The van der Waals surface area contributed by atoms with Crippen molar-refractivity contribution in [2.24, 2.45) is 0 Å². The minimum atomic E-state index is -1.10. The maximum Gasteiger partial charge on any atom is 0.139 e. The Balaban J connectivity index is 2.08. The summed E-state index contributed by atoms with van der Waals surface area (Å²) in [7, 11) is 0. The maximum atomic E-state index is 13.9. The van der Waals surface area contributed by atoms with Crippen molar-refractivity contribution in [3.05, 3.63) is 70.7 Å². The zero-order valence-electron chi connectivity index (χ0n) is 11.4. The van der Waals surface area contributed by atoms with Crippen LogP contribution in [0, 0.1) is 19.7 Å². The van der Waals surface area contributed by atoms with Crippen LogP contribution < -0.4 is 0 Å². The second kappa shape index (κ2) is 4.76. The van der Waals surface area contributed by atoms with Crippen molar-refractivity contribution >= 4 is 11.0 Å². The van der Waals surface area contributed by atoms with Crippen LogP contribution in [0.25, 0.3) is 11.0 Å². The van der Waals surface area contributed by atoms with Gasteiger partial charge in [-0.2, -0.15) is 0 Å². The molecule has 0 fully saturated rings. The highest BCUT2D eigenvalue weighted by molar-refractivity contribution is 5.81. The molecule has 0 saturated heterocycles. The normalized spacial score (nSPS) is 12.8. The van der Waals surface area contributed by atoms with Crippen molar-refractivity contribution in [2.45, 2.75) is 20.0 Å². The first-order valence-electron chi connectivity index (χ1n) is 6.49. The second-order valence-corrected chi connectivity index (χ2v) is 5.07. The van der Waals surface area contributed by atoms with Crippen molar-refractivity contribution in [1.29, 1.82) is 0 Å². The number of fused-ring (bicyclic) bond motifs is 1. The Labute approximate surface area is 116 Å². The molecular weight excluding hydrogens is 255 g/mol. The maximum absolute atomic E-state index is 13.9. The summed E-state index contributed by atoms with van der Waals surface area (Å²) in [4.78, 5) is 0. The van der Waals surface area contributed by atoms with Crippen LogP contribution in [-0.4, -0.2) is 5.11 Å². The quantitative estimate of drug-likeness (QED) is 0.754. The van der Waals surface area contributed by atoms with Gasteiger partial charge in [0.25, 0.3) is 0 Å². The molecule has 0 amide bonds. The molecule has 1 unspecified atom stereocenters. The molecule has 0 aliphatic carbocycles. The predicted molar refractivity (Wildman–Crippen MR) is 76.1 cm³/mol. The van der Waals surface area contributed by atoms with Crippen molar-refractivity contribution in [3.63, 3.8) is 0 Å². The van der Waals surface area contributed by atoms with Gasteiger partial charge < -0.3 is 9.52 Å². The molecule has 0 aliphatic heterocycles. The zero-order valence-corrected chi connectivity index (χ0v) is 11.4. The number of rotatable bonds is 2. The number of furan rings is 1. The Bertz CT molecular complexity index is 774. The average Bonchev–Trinajstić information content (AvgIpc) is 2.83. The first-order valence-corrected chi connectivity index (χ1v) is 6.49. The number of aryl methyl sites for hydroxylation is 2. The third kappa shape index (κ3) is 2.10. The molecule has 0 bridgehead atoms. The molecule has 102 valence electrons. The average molecular weight is 270 g/mol. The number of aliphatic hydroxyl groups excluding tert-OH is 1. The second-order valence-electron chi connectivity index (χ2n) is 5.07. The largest absolute Gasteiger partial charge is 0.458 e. The first-order chi connectivity index (χ1) is 9.56. The lowest BCUT2D eigenvalue weighted by Gasteiger charge is -2.09. The van der Waals surface area contributed by atoms with Gasteiger partial charge in [0.1, 0.15) is 23.3 Å². The lowest BCUT2D eigenvalue weighted by atomic mass is 10.0. The zero-order chi connectivity index (χ0) is 14.3. The lowest BCUT2D eigenvalue weighted by Crippen LogP contribution is -2.01. The molecule has 20 heavy (non-hydrogen) atoms. The molecule has 1 heterocycles. The molecule has 3 rings (SSSR count). The van der Waals surface area contributed by atoms with E-state index in [1.807, 2.05) is 32.0 Å². The van der Waals surface area contributed by atoms with Crippen LogP contribution in [0.1, 0.15) is 28.6 Å². The van der Waals surface area contributed by atoms with Gasteiger partial charge in [-0.1, -0.05) is 30.3 Å². The van der Waals surface area contributed by atoms with Gasteiger partial charge in [-0.15, -0.1) is 0 Å². The Hall–Kier alpha value is -2.13. The highest BCUT2D eigenvalue weighted by Gasteiger charge is 2.19. The summed E-state index contributed by atoms with van der Waals surface area (Å²) >= 11 is 0. The van der Waals surface area contributed by atoms with Crippen molar-refractivity contribution < 1.29 is 13.9 Å². The van der Waals surface area contributed by atoms with Crippen LogP contribution in [0.2, 0.25) is 0 Å². The Morgan fingerprint density at radius 2 is 1.90 bits per heavy atom. The van der Waals surface area contributed by atoms with E-state index in [4.69, 9.17) is 4.42 Å². The number of para-hydroxylation sites is 1. The van der Waals surface area contributed by atoms with Gasteiger partial charge in [0.05, 0.1) is 0 Å². The van der Waals surface area contributed by atoms with Gasteiger partial charge in [-0.25, -0.2) is 4.39 Å². The molecule has 0 radical (unpaired) electrons. The van der Waals surface area contributed by atoms with E-state index in [1.165, 1.54) is 6.07 Å². The summed E-state index contributed by atoms with van der Waals surface area (Å²) in [5.74, 6) is -0.0632. The van der Waals surface area contributed by atoms with Crippen LogP contribution >= 0.6 is 0 Å². The summed E-state index contributed by atoms with van der Waals surface area (Å²) in [5, 5.41) is 11.2. The highest BCUT2D eigenvalue weighted by atomic mass is 19.1. The topological polar surface area (TPSA) is 33.4 Å². The Kier molecular flexibility index (Phi) is 3.07. The molecule has 2 aromatic carbocycles. The number of halogens is 1. The summed E-state index contributed by atoms with van der Waals surface area (Å²) in [5.41, 5.74) is 2.77. The van der Waals surface area contributed by atoms with Gasteiger partial charge >= 0.3 is 0 Å². The molecule has 1 aromatic heterocycles. The predicted octanol–water partition coefficient (Wildman–Crippen LogP) is 4.27. The summed E-state index contributed by atoms with van der Waals surface area (Å²) in [6.45, 7) is 3.75. The van der Waals surface area contributed by atoms with Gasteiger partial charge in [0.2, 0.25) is 0 Å². The molecule has 2 nitrogen and oxygen atoms in total. The van der Waals surface area contributed by atoms with Gasteiger partial charge in [-0.05, 0) is 37.1 Å². The molecule has 3 heteroatoms. The number of hydrogen-bond donors (Lipinski definition) is 1. The first kappa shape index (κ1) is 12.9. The monoisotopic (exact) mass is 270 g/mol. The fourth-order valence-corrected chi connectivity index (χ4v) is 2.37. The Morgan fingerprint density at radius 3 is 2.60 bits per heavy atom. The summed E-state index contributed by atoms with van der Waals surface area (Å²) < 4.78 is 19.6. The molecule has 0 aliphatic rings. The van der Waals surface area contributed by atoms with Gasteiger partial charge in [0, 0.05) is 10.9 Å². The molecule has 0 saturated carbocycles. The van der Waals surface area contributed by atoms with Crippen molar-refractivity contribution in [2.75, 3.05) is 0 Å². The molecule has 3 aromatic rings. The Morgan fingerprint density at radius 1 is 1.10 bits per heavy atom. The van der Waals surface area contributed by atoms with Crippen LogP contribution in [0.15, 0.2) is 46.9 Å². The van der Waals surface area contributed by atoms with Gasteiger partial charge in [0.15, 0.2) is 0 Å². The van der Waals surface area contributed by atoms with E-state index in [0.717, 1.165) is 22.1 Å². The third-order valence-corrected chi connectivity index (χ3v) is 3.48. The minimum Gasteiger partial charge on any atom is -0.458 e. The van der Waals surface area contributed by atoms with E-state index in [1.54, 1.807) is 18.2 Å². The van der Waals surface area contributed by atoms with Crippen molar-refractivity contribution in [1.82, 2.24) is 0 Å². The van der Waals surface area contributed by atoms with Crippen LogP contribution in [0.3, 0.4) is 0 Å². The van der Waals surface area contributed by atoms with E-state index in [2.05, 4.69) is 0 Å². The fourth-order valence-electron chi connectivity index (χ4n) is 2.37. The van der Waals surface area contributed by atoms with E-state index in [9.17, 15) is 9.50 Å². The van der Waals surface area contributed by atoms with E-state index in [0.29, 0.717) is 5.76 Å².